The summed E-state index contributed by atoms with van der Waals surface area (Å²) in [6.07, 6.45) is 4.01. The van der Waals surface area contributed by atoms with E-state index in [1.807, 2.05) is 29.2 Å². The quantitative estimate of drug-likeness (QED) is 0.533. The maximum atomic E-state index is 12.9. The summed E-state index contributed by atoms with van der Waals surface area (Å²) < 4.78 is 10.2. The number of piperidine rings is 1. The minimum absolute atomic E-state index is 0.0288. The van der Waals surface area contributed by atoms with Crippen LogP contribution in [0.25, 0.3) is 0 Å². The molecule has 5 heteroatoms. The van der Waals surface area contributed by atoms with Crippen LogP contribution < -0.4 is 4.74 Å². The SMILES string of the molecule is C=COc1cc(C(=O)N2CCC(c3ccc(C(=O)OC)cc3)CC2)ccc1CC. The maximum Gasteiger partial charge on any atom is 0.337 e. The highest BCUT2D eigenvalue weighted by atomic mass is 16.5. The van der Waals surface area contributed by atoms with Crippen LogP contribution in [0.5, 0.6) is 5.75 Å². The Hall–Kier alpha value is -3.08. The Kier molecular flexibility index (Phi) is 6.70. The molecule has 0 radical (unpaired) electrons. The van der Waals surface area contributed by atoms with Crippen molar-refractivity contribution < 1.29 is 19.1 Å². The predicted octanol–water partition coefficient (Wildman–Crippen LogP) is 4.58. The van der Waals surface area contributed by atoms with E-state index >= 15 is 0 Å². The molecule has 0 bridgehead atoms. The zero-order chi connectivity index (χ0) is 20.8. The fourth-order valence-electron chi connectivity index (χ4n) is 3.79. The molecule has 1 saturated heterocycles. The van der Waals surface area contributed by atoms with Gasteiger partial charge >= 0.3 is 5.97 Å². The monoisotopic (exact) mass is 393 g/mol. The lowest BCUT2D eigenvalue weighted by Crippen LogP contribution is -2.37. The summed E-state index contributed by atoms with van der Waals surface area (Å²) in [6.45, 7) is 7.07. The number of aryl methyl sites for hydroxylation is 1. The smallest absolute Gasteiger partial charge is 0.337 e. The Morgan fingerprint density at radius 3 is 2.34 bits per heavy atom. The summed E-state index contributed by atoms with van der Waals surface area (Å²) in [5.41, 5.74) is 3.44. The van der Waals surface area contributed by atoms with Gasteiger partial charge in [0.05, 0.1) is 18.9 Å². The summed E-state index contributed by atoms with van der Waals surface area (Å²) >= 11 is 0. The molecule has 1 amide bonds. The van der Waals surface area contributed by atoms with Crippen molar-refractivity contribution in [1.29, 1.82) is 0 Å². The highest BCUT2D eigenvalue weighted by molar-refractivity contribution is 5.95. The van der Waals surface area contributed by atoms with Gasteiger partial charge in [-0.05, 0) is 60.6 Å². The molecule has 29 heavy (non-hydrogen) atoms. The molecule has 5 nitrogen and oxygen atoms in total. The van der Waals surface area contributed by atoms with Crippen LogP contribution in [0.1, 0.15) is 57.5 Å². The Balaban J connectivity index is 1.64. The molecule has 3 rings (SSSR count). The average molecular weight is 393 g/mol. The van der Waals surface area contributed by atoms with Crippen LogP contribution in [0, 0.1) is 0 Å². The summed E-state index contributed by atoms with van der Waals surface area (Å²) in [4.78, 5) is 26.4. The zero-order valence-electron chi connectivity index (χ0n) is 17.0. The van der Waals surface area contributed by atoms with Gasteiger partial charge in [0.15, 0.2) is 0 Å². The van der Waals surface area contributed by atoms with E-state index in [4.69, 9.17) is 9.47 Å². The van der Waals surface area contributed by atoms with Crippen molar-refractivity contribution >= 4 is 11.9 Å². The van der Waals surface area contributed by atoms with Crippen molar-refractivity contribution in [1.82, 2.24) is 4.90 Å². The molecule has 0 aromatic heterocycles. The molecule has 0 unspecified atom stereocenters. The Labute approximate surface area is 171 Å². The van der Waals surface area contributed by atoms with Crippen LogP contribution in [-0.4, -0.2) is 37.0 Å². The van der Waals surface area contributed by atoms with Crippen molar-refractivity contribution in [3.63, 3.8) is 0 Å². The number of methoxy groups -OCH3 is 1. The highest BCUT2D eigenvalue weighted by Crippen LogP contribution is 2.30. The Morgan fingerprint density at radius 1 is 1.10 bits per heavy atom. The molecule has 0 aliphatic carbocycles. The molecule has 0 N–H and O–H groups in total. The first-order valence-corrected chi connectivity index (χ1v) is 9.95. The van der Waals surface area contributed by atoms with Crippen molar-refractivity contribution in [3.8, 4) is 5.75 Å². The summed E-state index contributed by atoms with van der Waals surface area (Å²) in [7, 11) is 1.38. The molecule has 0 atom stereocenters. The van der Waals surface area contributed by atoms with E-state index in [-0.39, 0.29) is 11.9 Å². The second-order valence-corrected chi connectivity index (χ2v) is 7.14. The normalized spacial score (nSPS) is 14.3. The van der Waals surface area contributed by atoms with Crippen LogP contribution in [-0.2, 0) is 11.2 Å². The first kappa shape index (κ1) is 20.6. The van der Waals surface area contributed by atoms with E-state index < -0.39 is 0 Å². The molecule has 2 aromatic rings. The van der Waals surface area contributed by atoms with E-state index in [1.165, 1.54) is 18.9 Å². The van der Waals surface area contributed by atoms with Crippen LogP contribution in [0.4, 0.5) is 0 Å². The van der Waals surface area contributed by atoms with Crippen LogP contribution in [0.15, 0.2) is 55.3 Å². The summed E-state index contributed by atoms with van der Waals surface area (Å²) in [5, 5.41) is 0. The number of esters is 1. The fraction of sp³-hybridized carbons (Fsp3) is 0.333. The van der Waals surface area contributed by atoms with Gasteiger partial charge in [-0.3, -0.25) is 4.79 Å². The number of likely N-dealkylation sites (tertiary alicyclic amines) is 1. The largest absolute Gasteiger partial charge is 0.465 e. The lowest BCUT2D eigenvalue weighted by molar-refractivity contribution is 0.0600. The van der Waals surface area contributed by atoms with Gasteiger partial charge in [0.25, 0.3) is 5.91 Å². The van der Waals surface area contributed by atoms with Gasteiger partial charge in [0, 0.05) is 18.7 Å². The van der Waals surface area contributed by atoms with Gasteiger partial charge in [0.2, 0.25) is 0 Å². The first-order chi connectivity index (χ1) is 14.1. The highest BCUT2D eigenvalue weighted by Gasteiger charge is 2.25. The van der Waals surface area contributed by atoms with Gasteiger partial charge in [0.1, 0.15) is 5.75 Å². The van der Waals surface area contributed by atoms with Gasteiger partial charge in [-0.25, -0.2) is 4.79 Å². The molecule has 1 fully saturated rings. The topological polar surface area (TPSA) is 55.8 Å². The zero-order valence-corrected chi connectivity index (χ0v) is 17.0. The third-order valence-corrected chi connectivity index (χ3v) is 5.49. The van der Waals surface area contributed by atoms with E-state index in [9.17, 15) is 9.59 Å². The minimum atomic E-state index is -0.328. The number of hydrogen-bond donors (Lipinski definition) is 0. The average Bonchev–Trinajstić information content (AvgIpc) is 2.78. The number of amides is 1. The van der Waals surface area contributed by atoms with E-state index in [0.29, 0.717) is 35.9 Å². The second-order valence-electron chi connectivity index (χ2n) is 7.14. The fourth-order valence-corrected chi connectivity index (χ4v) is 3.79. The minimum Gasteiger partial charge on any atom is -0.465 e. The number of carbonyl (C=O) groups excluding carboxylic acids is 2. The van der Waals surface area contributed by atoms with Crippen LogP contribution in [0.2, 0.25) is 0 Å². The third kappa shape index (κ3) is 4.67. The van der Waals surface area contributed by atoms with Crippen molar-refractivity contribution in [2.45, 2.75) is 32.1 Å². The van der Waals surface area contributed by atoms with Gasteiger partial charge in [-0.2, -0.15) is 0 Å². The lowest BCUT2D eigenvalue weighted by atomic mass is 9.88. The van der Waals surface area contributed by atoms with E-state index in [2.05, 4.69) is 13.5 Å². The molecule has 152 valence electrons. The van der Waals surface area contributed by atoms with Crippen molar-refractivity contribution in [2.24, 2.45) is 0 Å². The molecule has 2 aromatic carbocycles. The number of rotatable bonds is 6. The molecule has 1 aliphatic rings. The molecule has 1 heterocycles. The summed E-state index contributed by atoms with van der Waals surface area (Å²) in [5.74, 6) is 0.772. The number of hydrogen-bond acceptors (Lipinski definition) is 4. The molecular formula is C24H27NO4. The third-order valence-electron chi connectivity index (χ3n) is 5.49. The van der Waals surface area contributed by atoms with E-state index in [0.717, 1.165) is 24.8 Å². The number of ether oxygens (including phenoxy) is 2. The lowest BCUT2D eigenvalue weighted by Gasteiger charge is -2.32. The van der Waals surface area contributed by atoms with Crippen LogP contribution >= 0.6 is 0 Å². The molecule has 0 saturated carbocycles. The first-order valence-electron chi connectivity index (χ1n) is 9.95. The maximum absolute atomic E-state index is 12.9. The molecular weight excluding hydrogens is 366 g/mol. The van der Waals surface area contributed by atoms with Crippen LogP contribution in [0.3, 0.4) is 0 Å². The summed E-state index contributed by atoms with van der Waals surface area (Å²) in [6, 6.07) is 13.2. The number of carbonyl (C=O) groups is 2. The van der Waals surface area contributed by atoms with Crippen molar-refractivity contribution in [2.75, 3.05) is 20.2 Å². The Morgan fingerprint density at radius 2 is 1.76 bits per heavy atom. The number of nitrogens with zero attached hydrogens (tertiary/aromatic N) is 1. The Bertz CT molecular complexity index is 880. The standard InChI is InChI=1S/C24H27NO4/c1-4-17-6-11-21(16-22(17)29-5-2)23(26)25-14-12-19(13-15-25)18-7-9-20(10-8-18)24(27)28-3/h5-11,16,19H,2,4,12-15H2,1,3H3. The van der Waals surface area contributed by atoms with Gasteiger partial charge in [-0.15, -0.1) is 0 Å². The molecule has 0 spiro atoms. The van der Waals surface area contributed by atoms with E-state index in [1.54, 1.807) is 18.2 Å². The predicted molar refractivity (Wildman–Crippen MR) is 112 cm³/mol. The second kappa shape index (κ2) is 9.41. The number of benzene rings is 2. The van der Waals surface area contributed by atoms with Crippen molar-refractivity contribution in [3.05, 3.63) is 77.6 Å². The van der Waals surface area contributed by atoms with Gasteiger partial charge < -0.3 is 14.4 Å². The molecule has 1 aliphatic heterocycles. The van der Waals surface area contributed by atoms with Gasteiger partial charge in [-0.1, -0.05) is 31.7 Å².